The lowest BCUT2D eigenvalue weighted by atomic mass is 9.98. The highest BCUT2D eigenvalue weighted by atomic mass is 35.5. The first-order chi connectivity index (χ1) is 12.7. The molecule has 1 aromatic carbocycles. The van der Waals surface area contributed by atoms with Gasteiger partial charge in [-0.25, -0.2) is 14.6 Å². The van der Waals surface area contributed by atoms with E-state index in [2.05, 4.69) is 36.2 Å². The Morgan fingerprint density at radius 2 is 1.77 bits per heavy atom. The molecular weight excluding hydrogens is 377 g/mol. The molecule has 3 aromatic rings. The third kappa shape index (κ3) is 3.82. The fraction of sp³-hybridized carbons (Fsp3) is 0.375. The molecule has 0 saturated carbocycles. The summed E-state index contributed by atoms with van der Waals surface area (Å²) in [4.78, 5) is 8.93. The van der Waals surface area contributed by atoms with Gasteiger partial charge in [0.05, 0.1) is 10.0 Å². The first-order valence-electron chi connectivity index (χ1n) is 8.36. The van der Waals surface area contributed by atoms with Crippen LogP contribution in [0.25, 0.3) is 11.3 Å². The second-order valence-corrected chi connectivity index (χ2v) is 6.97. The second kappa shape index (κ2) is 7.61. The number of anilines is 3. The topological polar surface area (TPSA) is 101 Å². The standard InChI is InChI=1S/C16H17Cl2N7O/c17-11-2-1-10(7-12(11)18)21-14-13(20-8-9-3-5-19-6-4-9)22-15-16(23-14)25-26-24-15/h1-2,7,9,19H,3-6,8H2,(H,20,22,24)(H,21,23,25). The average molecular weight is 394 g/mol. The number of nitrogens with one attached hydrogen (secondary N) is 3. The lowest BCUT2D eigenvalue weighted by Gasteiger charge is -2.23. The van der Waals surface area contributed by atoms with E-state index in [4.69, 9.17) is 27.8 Å². The maximum Gasteiger partial charge on any atom is 0.245 e. The van der Waals surface area contributed by atoms with Gasteiger partial charge < -0.3 is 16.0 Å². The van der Waals surface area contributed by atoms with Crippen LogP contribution in [-0.4, -0.2) is 39.9 Å². The predicted molar refractivity (Wildman–Crippen MR) is 101 cm³/mol. The molecule has 0 unspecified atom stereocenters. The molecule has 0 aliphatic carbocycles. The Hall–Kier alpha value is -2.16. The molecule has 3 N–H and O–H groups in total. The molecule has 0 amide bonds. The van der Waals surface area contributed by atoms with Gasteiger partial charge in [-0.3, -0.25) is 0 Å². The number of rotatable bonds is 5. The molecule has 0 bridgehead atoms. The molecule has 1 fully saturated rings. The summed E-state index contributed by atoms with van der Waals surface area (Å²) in [6.07, 6.45) is 2.26. The van der Waals surface area contributed by atoms with E-state index in [0.717, 1.165) is 38.2 Å². The molecule has 3 heterocycles. The fourth-order valence-corrected chi connectivity index (χ4v) is 3.18. The Bertz CT molecular complexity index is 911. The third-order valence-electron chi connectivity index (χ3n) is 4.31. The lowest BCUT2D eigenvalue weighted by Crippen LogP contribution is -2.31. The molecule has 4 rings (SSSR count). The summed E-state index contributed by atoms with van der Waals surface area (Å²) in [5.74, 6) is 1.71. The molecule has 10 heteroatoms. The number of benzene rings is 1. The summed E-state index contributed by atoms with van der Waals surface area (Å²) in [5.41, 5.74) is 1.44. The van der Waals surface area contributed by atoms with Crippen LogP contribution in [-0.2, 0) is 0 Å². The summed E-state index contributed by atoms with van der Waals surface area (Å²) in [5, 5.41) is 18.4. The van der Waals surface area contributed by atoms with E-state index < -0.39 is 0 Å². The van der Waals surface area contributed by atoms with Crippen molar-refractivity contribution in [2.45, 2.75) is 12.8 Å². The number of hydrogen-bond acceptors (Lipinski definition) is 8. The minimum atomic E-state index is 0.333. The quantitative estimate of drug-likeness (QED) is 0.605. The molecule has 0 atom stereocenters. The molecule has 8 nitrogen and oxygen atoms in total. The molecule has 0 radical (unpaired) electrons. The van der Waals surface area contributed by atoms with Gasteiger partial charge in [-0.05, 0) is 60.4 Å². The first-order valence-corrected chi connectivity index (χ1v) is 9.11. The SMILES string of the molecule is Clc1ccc(Nc2nc3nonc3nc2NCC2CCNCC2)cc1Cl. The van der Waals surface area contributed by atoms with Crippen molar-refractivity contribution in [3.63, 3.8) is 0 Å². The van der Waals surface area contributed by atoms with Crippen LogP contribution < -0.4 is 16.0 Å². The van der Waals surface area contributed by atoms with Crippen LogP contribution in [0.3, 0.4) is 0 Å². The second-order valence-electron chi connectivity index (χ2n) is 6.16. The van der Waals surface area contributed by atoms with Gasteiger partial charge in [-0.2, -0.15) is 0 Å². The minimum absolute atomic E-state index is 0.333. The molecule has 1 aliphatic rings. The number of halogens is 2. The summed E-state index contributed by atoms with van der Waals surface area (Å²) >= 11 is 12.1. The molecule has 1 aliphatic heterocycles. The third-order valence-corrected chi connectivity index (χ3v) is 5.05. The van der Waals surface area contributed by atoms with Gasteiger partial charge in [0.2, 0.25) is 11.3 Å². The predicted octanol–water partition coefficient (Wildman–Crippen LogP) is 3.47. The fourth-order valence-electron chi connectivity index (χ4n) is 2.89. The van der Waals surface area contributed by atoms with E-state index in [0.29, 0.717) is 38.9 Å². The van der Waals surface area contributed by atoms with Crippen molar-refractivity contribution in [2.75, 3.05) is 30.3 Å². The lowest BCUT2D eigenvalue weighted by molar-refractivity contribution is 0.314. The number of nitrogens with zero attached hydrogens (tertiary/aromatic N) is 4. The molecule has 0 spiro atoms. The van der Waals surface area contributed by atoms with Gasteiger partial charge in [0, 0.05) is 12.2 Å². The average Bonchev–Trinajstić information content (AvgIpc) is 3.11. The van der Waals surface area contributed by atoms with Crippen LogP contribution in [0.5, 0.6) is 0 Å². The van der Waals surface area contributed by atoms with Crippen LogP contribution >= 0.6 is 23.2 Å². The normalized spacial score (nSPS) is 15.3. The van der Waals surface area contributed by atoms with Gasteiger partial charge >= 0.3 is 0 Å². The number of hydrogen-bond donors (Lipinski definition) is 3. The zero-order chi connectivity index (χ0) is 17.9. The van der Waals surface area contributed by atoms with Crippen molar-refractivity contribution in [3.05, 3.63) is 28.2 Å². The van der Waals surface area contributed by atoms with Crippen LogP contribution in [0.2, 0.25) is 10.0 Å². The highest BCUT2D eigenvalue weighted by Gasteiger charge is 2.17. The summed E-state index contributed by atoms with van der Waals surface area (Å²) in [6.45, 7) is 2.89. The number of fused-ring (bicyclic) bond motifs is 1. The van der Waals surface area contributed by atoms with Crippen LogP contribution in [0, 0.1) is 5.92 Å². The van der Waals surface area contributed by atoms with Crippen LogP contribution in [0.1, 0.15) is 12.8 Å². The van der Waals surface area contributed by atoms with E-state index in [1.165, 1.54) is 0 Å². The van der Waals surface area contributed by atoms with Crippen molar-refractivity contribution >= 4 is 51.8 Å². The number of piperidine rings is 1. The summed E-state index contributed by atoms with van der Waals surface area (Å²) in [6, 6.07) is 5.27. The van der Waals surface area contributed by atoms with E-state index in [9.17, 15) is 0 Å². The molecular formula is C16H17Cl2N7O. The summed E-state index contributed by atoms with van der Waals surface area (Å²) < 4.78 is 4.73. The van der Waals surface area contributed by atoms with Gasteiger partial charge in [0.25, 0.3) is 0 Å². The van der Waals surface area contributed by atoms with Gasteiger partial charge in [0.15, 0.2) is 11.6 Å². The van der Waals surface area contributed by atoms with Crippen molar-refractivity contribution in [3.8, 4) is 0 Å². The Morgan fingerprint density at radius 1 is 1.04 bits per heavy atom. The Labute approximate surface area is 159 Å². The molecule has 2 aromatic heterocycles. The van der Waals surface area contributed by atoms with Gasteiger partial charge in [-0.1, -0.05) is 23.2 Å². The Kier molecular flexibility index (Phi) is 5.05. The van der Waals surface area contributed by atoms with E-state index in [1.54, 1.807) is 12.1 Å². The van der Waals surface area contributed by atoms with Crippen molar-refractivity contribution < 1.29 is 4.63 Å². The maximum absolute atomic E-state index is 6.09. The summed E-state index contributed by atoms with van der Waals surface area (Å²) in [7, 11) is 0. The minimum Gasteiger partial charge on any atom is -0.367 e. The van der Waals surface area contributed by atoms with E-state index in [-0.39, 0.29) is 0 Å². The van der Waals surface area contributed by atoms with E-state index in [1.807, 2.05) is 6.07 Å². The van der Waals surface area contributed by atoms with Gasteiger partial charge in [0.1, 0.15) is 0 Å². The molecule has 26 heavy (non-hydrogen) atoms. The van der Waals surface area contributed by atoms with Crippen LogP contribution in [0.4, 0.5) is 17.3 Å². The molecule has 1 saturated heterocycles. The molecule has 136 valence electrons. The maximum atomic E-state index is 6.09. The Balaban J connectivity index is 1.59. The van der Waals surface area contributed by atoms with Gasteiger partial charge in [-0.15, -0.1) is 0 Å². The number of aromatic nitrogens is 4. The van der Waals surface area contributed by atoms with Crippen molar-refractivity contribution in [1.29, 1.82) is 0 Å². The van der Waals surface area contributed by atoms with Crippen molar-refractivity contribution in [1.82, 2.24) is 25.6 Å². The van der Waals surface area contributed by atoms with Crippen LogP contribution in [0.15, 0.2) is 22.8 Å². The highest BCUT2D eigenvalue weighted by molar-refractivity contribution is 6.42. The monoisotopic (exact) mass is 393 g/mol. The smallest absolute Gasteiger partial charge is 0.245 e. The van der Waals surface area contributed by atoms with E-state index >= 15 is 0 Å². The zero-order valence-corrected chi connectivity index (χ0v) is 15.3. The van der Waals surface area contributed by atoms with Crippen molar-refractivity contribution in [2.24, 2.45) is 5.92 Å². The first kappa shape index (κ1) is 17.3. The highest BCUT2D eigenvalue weighted by Crippen LogP contribution is 2.29. The zero-order valence-electron chi connectivity index (χ0n) is 13.8. The Morgan fingerprint density at radius 3 is 2.50 bits per heavy atom. The largest absolute Gasteiger partial charge is 0.367 e.